The van der Waals surface area contributed by atoms with Gasteiger partial charge in [0, 0.05) is 31.5 Å². The summed E-state index contributed by atoms with van der Waals surface area (Å²) in [5.74, 6) is 0.298. The summed E-state index contributed by atoms with van der Waals surface area (Å²) in [5, 5.41) is 0.659. The summed E-state index contributed by atoms with van der Waals surface area (Å²) in [4.78, 5) is 14.2. The number of rotatable bonds is 3. The average molecular weight is 371 g/mol. The van der Waals surface area contributed by atoms with Gasteiger partial charge >= 0.3 is 0 Å². The van der Waals surface area contributed by atoms with E-state index in [9.17, 15) is 9.18 Å². The van der Waals surface area contributed by atoms with E-state index < -0.39 is 0 Å². The summed E-state index contributed by atoms with van der Waals surface area (Å²) in [6, 6.07) is 13.1. The lowest BCUT2D eigenvalue weighted by molar-refractivity contribution is 0.104. The minimum absolute atomic E-state index is 0.161. The van der Waals surface area contributed by atoms with Crippen LogP contribution in [0.1, 0.15) is 20.8 Å². The number of carbonyl (C=O) groups excluding carboxylic acids is 1. The fraction of sp³-hybridized carbons (Fsp3) is 0.0500. The van der Waals surface area contributed by atoms with E-state index >= 15 is 0 Å². The van der Waals surface area contributed by atoms with Crippen molar-refractivity contribution in [1.29, 1.82) is 0 Å². The second kappa shape index (κ2) is 6.47. The topological polar surface area (TPSA) is 26.3 Å². The molecule has 124 valence electrons. The van der Waals surface area contributed by atoms with Crippen molar-refractivity contribution in [3.05, 3.63) is 81.5 Å². The van der Waals surface area contributed by atoms with Crippen molar-refractivity contribution in [1.82, 2.24) is 0 Å². The van der Waals surface area contributed by atoms with E-state index in [0.717, 1.165) is 26.6 Å². The molecular weight excluding hydrogens is 359 g/mol. The van der Waals surface area contributed by atoms with Crippen LogP contribution in [0.25, 0.3) is 16.5 Å². The lowest BCUT2D eigenvalue weighted by Gasteiger charge is -2.17. The van der Waals surface area contributed by atoms with Crippen LogP contribution in [-0.4, -0.2) is 5.78 Å². The Balaban J connectivity index is 1.61. The van der Waals surface area contributed by atoms with Crippen LogP contribution in [0.2, 0.25) is 5.02 Å². The summed E-state index contributed by atoms with van der Waals surface area (Å²) in [5.41, 5.74) is 2.51. The number of benzene rings is 2. The Morgan fingerprint density at radius 1 is 1.16 bits per heavy atom. The van der Waals surface area contributed by atoms with Crippen LogP contribution in [-0.2, 0) is 6.61 Å². The van der Waals surface area contributed by atoms with Gasteiger partial charge in [-0.1, -0.05) is 11.6 Å². The maximum atomic E-state index is 12.9. The van der Waals surface area contributed by atoms with Crippen molar-refractivity contribution in [3.63, 3.8) is 0 Å². The molecule has 0 atom stereocenters. The van der Waals surface area contributed by atoms with Crippen molar-refractivity contribution >= 4 is 34.8 Å². The number of ketones is 1. The highest BCUT2D eigenvalue weighted by Gasteiger charge is 2.20. The van der Waals surface area contributed by atoms with Gasteiger partial charge in [-0.3, -0.25) is 4.79 Å². The molecule has 0 unspecified atom stereocenters. The van der Waals surface area contributed by atoms with E-state index in [-0.39, 0.29) is 11.6 Å². The first-order chi connectivity index (χ1) is 12.1. The van der Waals surface area contributed by atoms with Crippen LogP contribution >= 0.6 is 22.9 Å². The van der Waals surface area contributed by atoms with Gasteiger partial charge in [0.25, 0.3) is 0 Å². The lowest BCUT2D eigenvalue weighted by atomic mass is 10.1. The maximum Gasteiger partial charge on any atom is 0.185 e. The summed E-state index contributed by atoms with van der Waals surface area (Å²) in [6.45, 7) is 0.500. The molecule has 0 aliphatic carbocycles. The zero-order valence-corrected chi connectivity index (χ0v) is 14.5. The second-order valence-corrected chi connectivity index (χ2v) is 7.16. The first-order valence-electron chi connectivity index (χ1n) is 7.63. The number of fused-ring (bicyclic) bond motifs is 3. The van der Waals surface area contributed by atoms with Gasteiger partial charge in [-0.15, -0.1) is 11.3 Å². The minimum atomic E-state index is -0.358. The Hall–Kier alpha value is -2.43. The molecule has 2 nitrogen and oxygen atoms in total. The van der Waals surface area contributed by atoms with E-state index in [1.165, 1.54) is 30.3 Å². The van der Waals surface area contributed by atoms with Crippen LogP contribution in [0, 0.1) is 5.82 Å². The summed E-state index contributed by atoms with van der Waals surface area (Å²) >= 11 is 7.68. The van der Waals surface area contributed by atoms with Gasteiger partial charge in [0.1, 0.15) is 18.2 Å². The van der Waals surface area contributed by atoms with Crippen molar-refractivity contribution < 1.29 is 13.9 Å². The van der Waals surface area contributed by atoms with Gasteiger partial charge in [-0.2, -0.15) is 0 Å². The van der Waals surface area contributed by atoms with Gasteiger partial charge in [0.2, 0.25) is 0 Å². The first kappa shape index (κ1) is 16.1. The molecule has 0 spiro atoms. The van der Waals surface area contributed by atoms with Crippen LogP contribution < -0.4 is 4.74 Å². The van der Waals surface area contributed by atoms with Crippen molar-refractivity contribution in [2.24, 2.45) is 0 Å². The predicted molar refractivity (Wildman–Crippen MR) is 98.9 cm³/mol. The molecule has 4 rings (SSSR count). The number of hydrogen-bond donors (Lipinski definition) is 0. The number of carbonyl (C=O) groups is 1. The third-order valence-corrected chi connectivity index (χ3v) is 5.34. The molecule has 3 aromatic rings. The van der Waals surface area contributed by atoms with Gasteiger partial charge in [0.15, 0.2) is 5.78 Å². The quantitative estimate of drug-likeness (QED) is 0.417. The molecule has 0 amide bonds. The molecule has 1 aromatic heterocycles. The highest BCUT2D eigenvalue weighted by atomic mass is 35.5. The Labute approximate surface area is 153 Å². The van der Waals surface area contributed by atoms with Crippen LogP contribution in [0.15, 0.2) is 54.6 Å². The molecule has 0 saturated carbocycles. The number of halogens is 2. The second-order valence-electron chi connectivity index (χ2n) is 5.64. The van der Waals surface area contributed by atoms with Gasteiger partial charge in [0.05, 0.1) is 0 Å². The smallest absolute Gasteiger partial charge is 0.185 e. The zero-order chi connectivity index (χ0) is 17.4. The summed E-state index contributed by atoms with van der Waals surface area (Å²) < 4.78 is 18.7. The first-order valence-corrected chi connectivity index (χ1v) is 8.83. The van der Waals surface area contributed by atoms with E-state index in [1.807, 2.05) is 18.2 Å². The number of thiophene rings is 1. The molecular formula is C20H12ClFO2S. The molecule has 0 fully saturated rings. The molecule has 1 aliphatic heterocycles. The SMILES string of the molecule is O=C(/C=C/c1cc2c(s1)-c1cc(Cl)ccc1OC2)c1ccc(F)cc1. The lowest BCUT2D eigenvalue weighted by Crippen LogP contribution is -2.02. The van der Waals surface area contributed by atoms with Crippen molar-refractivity contribution in [2.75, 3.05) is 0 Å². The normalized spacial score (nSPS) is 12.6. The monoisotopic (exact) mass is 370 g/mol. The van der Waals surface area contributed by atoms with E-state index in [0.29, 0.717) is 17.2 Å². The molecule has 0 bridgehead atoms. The van der Waals surface area contributed by atoms with E-state index in [1.54, 1.807) is 23.5 Å². The molecule has 5 heteroatoms. The van der Waals surface area contributed by atoms with Crippen LogP contribution in [0.3, 0.4) is 0 Å². The van der Waals surface area contributed by atoms with Crippen molar-refractivity contribution in [2.45, 2.75) is 6.61 Å². The largest absolute Gasteiger partial charge is 0.488 e. The van der Waals surface area contributed by atoms with Gasteiger partial charge < -0.3 is 4.74 Å². The maximum absolute atomic E-state index is 12.9. The Bertz CT molecular complexity index is 989. The Morgan fingerprint density at radius 3 is 2.76 bits per heavy atom. The molecule has 25 heavy (non-hydrogen) atoms. The van der Waals surface area contributed by atoms with Crippen LogP contribution in [0.5, 0.6) is 5.75 Å². The minimum Gasteiger partial charge on any atom is -0.488 e. The molecule has 2 aromatic carbocycles. The average Bonchev–Trinajstić information content (AvgIpc) is 3.04. The number of ether oxygens (including phenoxy) is 1. The summed E-state index contributed by atoms with van der Waals surface area (Å²) in [7, 11) is 0. The third kappa shape index (κ3) is 3.23. The van der Waals surface area contributed by atoms with E-state index in [2.05, 4.69) is 0 Å². The highest BCUT2D eigenvalue weighted by molar-refractivity contribution is 7.16. The molecule has 0 N–H and O–H groups in total. The predicted octanol–water partition coefficient (Wildman–Crippen LogP) is 6.00. The fourth-order valence-electron chi connectivity index (χ4n) is 2.70. The third-order valence-electron chi connectivity index (χ3n) is 3.93. The Kier molecular flexibility index (Phi) is 4.15. The van der Waals surface area contributed by atoms with E-state index in [4.69, 9.17) is 16.3 Å². The number of allylic oxidation sites excluding steroid dienone is 1. The zero-order valence-electron chi connectivity index (χ0n) is 13.0. The van der Waals surface area contributed by atoms with Gasteiger partial charge in [-0.25, -0.2) is 4.39 Å². The molecule has 0 saturated heterocycles. The van der Waals surface area contributed by atoms with Crippen molar-refractivity contribution in [3.8, 4) is 16.2 Å². The van der Waals surface area contributed by atoms with Gasteiger partial charge in [-0.05, 0) is 60.7 Å². The van der Waals surface area contributed by atoms with Crippen LogP contribution in [0.4, 0.5) is 4.39 Å². The fourth-order valence-corrected chi connectivity index (χ4v) is 3.96. The standard InChI is InChI=1S/C20H12ClFO2S/c21-14-3-8-19-17(10-14)20-13(11-24-19)9-16(25-20)6-7-18(23)12-1-4-15(22)5-2-12/h1-10H,11H2/b7-6+. The molecule has 2 heterocycles. The number of hydrogen-bond acceptors (Lipinski definition) is 3. The molecule has 0 radical (unpaired) electrons. The Morgan fingerprint density at radius 2 is 1.96 bits per heavy atom. The molecule has 1 aliphatic rings. The summed E-state index contributed by atoms with van der Waals surface area (Å²) in [6.07, 6.45) is 3.28. The highest BCUT2D eigenvalue weighted by Crippen LogP contribution is 2.43.